The minimum atomic E-state index is -0.0406. The van der Waals surface area contributed by atoms with Crippen molar-refractivity contribution in [3.63, 3.8) is 0 Å². The smallest absolute Gasteiger partial charge is 0.258 e. The van der Waals surface area contributed by atoms with Gasteiger partial charge >= 0.3 is 0 Å². The first-order valence-electron chi connectivity index (χ1n) is 9.98. The molecule has 1 aromatic carbocycles. The highest BCUT2D eigenvalue weighted by atomic mass is 16.1. The van der Waals surface area contributed by atoms with Crippen LogP contribution >= 0.6 is 0 Å². The Hall–Kier alpha value is -2.46. The van der Waals surface area contributed by atoms with Gasteiger partial charge in [-0.25, -0.2) is 4.98 Å². The standard InChI is InChI=1S/C24H31N3O/c1-16(2)23(18-8-10-19(11-9-18)24(4,5)6)25-14-20-13-22(28)27-15-17(3)7-12-21(27)26-20/h7-13,15-16,23,25H,14H2,1-6H3/t23-/m0/s1. The van der Waals surface area contributed by atoms with Crippen molar-refractivity contribution in [1.29, 1.82) is 0 Å². The van der Waals surface area contributed by atoms with Crippen LogP contribution in [0.5, 0.6) is 0 Å². The highest BCUT2D eigenvalue weighted by Crippen LogP contribution is 2.27. The molecule has 0 aliphatic heterocycles. The summed E-state index contributed by atoms with van der Waals surface area (Å²) in [5, 5.41) is 3.60. The molecule has 0 aliphatic rings. The van der Waals surface area contributed by atoms with E-state index in [9.17, 15) is 4.79 Å². The van der Waals surface area contributed by atoms with E-state index in [1.807, 2.05) is 25.3 Å². The second-order valence-electron chi connectivity index (χ2n) is 8.99. The van der Waals surface area contributed by atoms with E-state index in [1.54, 1.807) is 10.5 Å². The van der Waals surface area contributed by atoms with Crippen molar-refractivity contribution in [2.75, 3.05) is 0 Å². The first kappa shape index (κ1) is 20.3. The molecule has 0 bridgehead atoms. The Morgan fingerprint density at radius 3 is 2.36 bits per heavy atom. The molecule has 4 nitrogen and oxygen atoms in total. The van der Waals surface area contributed by atoms with Gasteiger partial charge in [-0.15, -0.1) is 0 Å². The van der Waals surface area contributed by atoms with E-state index in [1.165, 1.54) is 11.1 Å². The van der Waals surface area contributed by atoms with Gasteiger partial charge in [-0.05, 0) is 41.0 Å². The van der Waals surface area contributed by atoms with Crippen molar-refractivity contribution in [1.82, 2.24) is 14.7 Å². The van der Waals surface area contributed by atoms with Gasteiger partial charge in [0, 0.05) is 24.8 Å². The van der Waals surface area contributed by atoms with Gasteiger partial charge in [0.15, 0.2) is 0 Å². The molecule has 0 aliphatic carbocycles. The lowest BCUT2D eigenvalue weighted by Gasteiger charge is -2.25. The Morgan fingerprint density at radius 2 is 1.75 bits per heavy atom. The number of rotatable bonds is 5. The van der Waals surface area contributed by atoms with E-state index >= 15 is 0 Å². The summed E-state index contributed by atoms with van der Waals surface area (Å²) in [6.45, 7) is 13.6. The van der Waals surface area contributed by atoms with Crippen LogP contribution in [0.4, 0.5) is 0 Å². The summed E-state index contributed by atoms with van der Waals surface area (Å²) in [7, 11) is 0. The lowest BCUT2D eigenvalue weighted by Crippen LogP contribution is -2.27. The van der Waals surface area contributed by atoms with Gasteiger partial charge in [-0.3, -0.25) is 9.20 Å². The Balaban J connectivity index is 1.81. The molecule has 2 aromatic heterocycles. The molecular weight excluding hydrogens is 346 g/mol. The number of nitrogens with zero attached hydrogens (tertiary/aromatic N) is 2. The van der Waals surface area contributed by atoms with E-state index in [0.29, 0.717) is 18.1 Å². The molecule has 28 heavy (non-hydrogen) atoms. The number of aromatic nitrogens is 2. The van der Waals surface area contributed by atoms with Gasteiger partial charge in [0.1, 0.15) is 5.65 Å². The number of pyridine rings is 1. The fourth-order valence-corrected chi connectivity index (χ4v) is 3.49. The van der Waals surface area contributed by atoms with Crippen LogP contribution in [-0.4, -0.2) is 9.38 Å². The largest absolute Gasteiger partial charge is 0.304 e. The van der Waals surface area contributed by atoms with Crippen LogP contribution in [0.25, 0.3) is 5.65 Å². The molecule has 0 radical (unpaired) electrons. The third kappa shape index (κ3) is 4.50. The average molecular weight is 378 g/mol. The van der Waals surface area contributed by atoms with Crippen LogP contribution in [0.3, 0.4) is 0 Å². The Labute approximate surface area is 167 Å². The Bertz CT molecular complexity index is 1010. The van der Waals surface area contributed by atoms with Gasteiger partial charge in [-0.1, -0.05) is 65.0 Å². The van der Waals surface area contributed by atoms with Gasteiger partial charge < -0.3 is 5.32 Å². The second-order valence-corrected chi connectivity index (χ2v) is 8.99. The highest BCUT2D eigenvalue weighted by molar-refractivity contribution is 5.40. The van der Waals surface area contributed by atoms with Crippen LogP contribution < -0.4 is 10.9 Å². The zero-order valence-electron chi connectivity index (χ0n) is 17.8. The van der Waals surface area contributed by atoms with Crippen molar-refractivity contribution in [2.24, 2.45) is 5.92 Å². The third-order valence-electron chi connectivity index (χ3n) is 5.17. The maximum atomic E-state index is 12.4. The molecule has 2 heterocycles. The maximum absolute atomic E-state index is 12.4. The molecule has 3 aromatic rings. The van der Waals surface area contributed by atoms with Crippen LogP contribution in [0.15, 0.2) is 53.5 Å². The number of aryl methyl sites for hydroxylation is 1. The first-order chi connectivity index (χ1) is 13.1. The van der Waals surface area contributed by atoms with Gasteiger partial charge in [-0.2, -0.15) is 0 Å². The number of benzene rings is 1. The Kier molecular flexibility index (Phi) is 5.71. The lowest BCUT2D eigenvalue weighted by atomic mass is 9.85. The van der Waals surface area contributed by atoms with Gasteiger partial charge in [0.2, 0.25) is 0 Å². The summed E-state index contributed by atoms with van der Waals surface area (Å²) in [5.74, 6) is 0.421. The molecule has 3 rings (SSSR count). The summed E-state index contributed by atoms with van der Waals surface area (Å²) in [5.41, 5.74) is 5.20. The summed E-state index contributed by atoms with van der Waals surface area (Å²) in [6, 6.07) is 14.6. The molecule has 0 fully saturated rings. The van der Waals surface area contributed by atoms with Crippen LogP contribution in [0.2, 0.25) is 0 Å². The SMILES string of the molecule is Cc1ccc2nc(CN[C@H](c3ccc(C(C)(C)C)cc3)C(C)C)cc(=O)n2c1. The van der Waals surface area contributed by atoms with Crippen LogP contribution in [0.1, 0.15) is 63.0 Å². The first-order valence-corrected chi connectivity index (χ1v) is 9.98. The van der Waals surface area contributed by atoms with Crippen molar-refractivity contribution >= 4 is 5.65 Å². The van der Waals surface area contributed by atoms with Crippen LogP contribution in [0, 0.1) is 12.8 Å². The molecule has 148 valence electrons. The van der Waals surface area contributed by atoms with E-state index in [2.05, 4.69) is 69.2 Å². The maximum Gasteiger partial charge on any atom is 0.258 e. The molecule has 1 atom stereocenters. The number of fused-ring (bicyclic) bond motifs is 1. The monoisotopic (exact) mass is 377 g/mol. The van der Waals surface area contributed by atoms with Gasteiger partial charge in [0.05, 0.1) is 5.69 Å². The summed E-state index contributed by atoms with van der Waals surface area (Å²) >= 11 is 0. The number of nitrogens with one attached hydrogen (secondary N) is 1. The molecular formula is C24H31N3O. The predicted molar refractivity (Wildman–Crippen MR) is 116 cm³/mol. The topological polar surface area (TPSA) is 46.4 Å². The van der Waals surface area contributed by atoms with Crippen molar-refractivity contribution < 1.29 is 0 Å². The van der Waals surface area contributed by atoms with Gasteiger partial charge in [0.25, 0.3) is 5.56 Å². The quantitative estimate of drug-likeness (QED) is 0.695. The predicted octanol–water partition coefficient (Wildman–Crippen LogP) is 4.79. The minimum absolute atomic E-state index is 0.0406. The summed E-state index contributed by atoms with van der Waals surface area (Å²) in [4.78, 5) is 17.1. The highest BCUT2D eigenvalue weighted by Gasteiger charge is 2.18. The number of hydrogen-bond acceptors (Lipinski definition) is 3. The Morgan fingerprint density at radius 1 is 1.07 bits per heavy atom. The average Bonchev–Trinajstić information content (AvgIpc) is 2.62. The zero-order chi connectivity index (χ0) is 20.5. The van der Waals surface area contributed by atoms with E-state index in [-0.39, 0.29) is 17.0 Å². The van der Waals surface area contributed by atoms with Crippen molar-refractivity contribution in [3.05, 3.63) is 81.4 Å². The van der Waals surface area contributed by atoms with Crippen molar-refractivity contribution in [2.45, 2.75) is 59.5 Å². The fraction of sp³-hybridized carbons (Fsp3) is 0.417. The molecule has 4 heteroatoms. The lowest BCUT2D eigenvalue weighted by molar-refractivity contribution is 0.408. The van der Waals surface area contributed by atoms with E-state index in [4.69, 9.17) is 0 Å². The zero-order valence-corrected chi connectivity index (χ0v) is 17.8. The normalized spacial score (nSPS) is 13.2. The third-order valence-corrected chi connectivity index (χ3v) is 5.17. The molecule has 0 spiro atoms. The number of hydrogen-bond donors (Lipinski definition) is 1. The second kappa shape index (κ2) is 7.88. The minimum Gasteiger partial charge on any atom is -0.304 e. The molecule has 0 saturated heterocycles. The fourth-order valence-electron chi connectivity index (χ4n) is 3.49. The summed E-state index contributed by atoms with van der Waals surface area (Å²) in [6.07, 6.45) is 1.83. The molecule has 0 unspecified atom stereocenters. The van der Waals surface area contributed by atoms with Crippen LogP contribution in [-0.2, 0) is 12.0 Å². The molecule has 0 saturated carbocycles. The summed E-state index contributed by atoms with van der Waals surface area (Å²) < 4.78 is 1.60. The van der Waals surface area contributed by atoms with Crippen molar-refractivity contribution in [3.8, 4) is 0 Å². The molecule has 1 N–H and O–H groups in total. The molecule has 0 amide bonds. The van der Waals surface area contributed by atoms with E-state index in [0.717, 1.165) is 11.3 Å². The van der Waals surface area contributed by atoms with E-state index < -0.39 is 0 Å².